The number of aromatic nitrogens is 2. The first kappa shape index (κ1) is 11.6. The van der Waals surface area contributed by atoms with Gasteiger partial charge in [0.15, 0.2) is 0 Å². The summed E-state index contributed by atoms with van der Waals surface area (Å²) in [4.78, 5) is 9.61. The molecule has 0 aliphatic carbocycles. The van der Waals surface area contributed by atoms with Crippen molar-refractivity contribution in [2.75, 3.05) is 17.3 Å². The molecule has 0 radical (unpaired) electrons. The Hall–Kier alpha value is -1.44. The number of nitrogens with one attached hydrogen (secondary N) is 2. The minimum atomic E-state index is 0.197. The molecule has 0 bridgehead atoms. The van der Waals surface area contributed by atoms with Crippen molar-refractivity contribution < 1.29 is 4.74 Å². The zero-order valence-electron chi connectivity index (χ0n) is 10.0. The Morgan fingerprint density at radius 2 is 2.39 bits per heavy atom. The van der Waals surface area contributed by atoms with Gasteiger partial charge in [-0.15, -0.1) is 11.3 Å². The summed E-state index contributed by atoms with van der Waals surface area (Å²) in [5, 5.41) is 6.45. The molecular weight excluding hydrogens is 250 g/mol. The van der Waals surface area contributed by atoms with Gasteiger partial charge in [-0.05, 0) is 24.8 Å². The molecule has 3 heterocycles. The smallest absolute Gasteiger partial charge is 0.240 e. The van der Waals surface area contributed by atoms with Crippen LogP contribution in [-0.4, -0.2) is 28.7 Å². The summed E-state index contributed by atoms with van der Waals surface area (Å²) in [6, 6.07) is 2.30. The van der Waals surface area contributed by atoms with Gasteiger partial charge in [-0.2, -0.15) is 4.98 Å². The van der Waals surface area contributed by atoms with Crippen LogP contribution in [0.5, 0.6) is 0 Å². The van der Waals surface area contributed by atoms with Crippen LogP contribution in [-0.2, 0) is 4.74 Å². The molecule has 1 fully saturated rings. The average Bonchev–Trinajstić information content (AvgIpc) is 2.98. The number of fused-ring (bicyclic) bond motifs is 1. The standard InChI is InChI=1S/C11H15N5OS/c1-6-8(2-4-17-6)13-9-7-3-5-18-10(7)15-11(14-9)16-12/h3,5-6,8H,2,4,12H2,1H3,(H2,13,14,15,16). The second kappa shape index (κ2) is 4.68. The highest BCUT2D eigenvalue weighted by Gasteiger charge is 2.25. The number of nitrogens with zero attached hydrogens (tertiary/aromatic N) is 2. The van der Waals surface area contributed by atoms with Crippen molar-refractivity contribution in [3.05, 3.63) is 11.4 Å². The summed E-state index contributed by atoms with van der Waals surface area (Å²) in [5.74, 6) is 6.64. The summed E-state index contributed by atoms with van der Waals surface area (Å²) in [7, 11) is 0. The normalized spacial score (nSPS) is 23.4. The Kier molecular flexibility index (Phi) is 3.02. The quantitative estimate of drug-likeness (QED) is 0.577. The molecule has 96 valence electrons. The topological polar surface area (TPSA) is 85.1 Å². The first-order valence-electron chi connectivity index (χ1n) is 5.88. The van der Waals surface area contributed by atoms with Crippen LogP contribution in [0.25, 0.3) is 10.2 Å². The highest BCUT2D eigenvalue weighted by atomic mass is 32.1. The van der Waals surface area contributed by atoms with Gasteiger partial charge in [-0.25, -0.2) is 10.8 Å². The van der Waals surface area contributed by atoms with E-state index in [4.69, 9.17) is 10.6 Å². The molecular formula is C11H15N5OS. The third-order valence-electron chi connectivity index (χ3n) is 3.15. The van der Waals surface area contributed by atoms with Gasteiger partial charge in [-0.1, -0.05) is 0 Å². The van der Waals surface area contributed by atoms with E-state index in [0.717, 1.165) is 29.1 Å². The molecule has 2 atom stereocenters. The molecule has 4 N–H and O–H groups in total. The molecule has 2 aromatic rings. The van der Waals surface area contributed by atoms with Crippen LogP contribution in [0, 0.1) is 0 Å². The molecule has 3 rings (SSSR count). The summed E-state index contributed by atoms with van der Waals surface area (Å²) in [6.07, 6.45) is 1.19. The molecule has 0 saturated carbocycles. The first-order chi connectivity index (χ1) is 8.78. The average molecular weight is 265 g/mol. The number of hydrogen-bond acceptors (Lipinski definition) is 7. The predicted octanol–water partition coefficient (Wildman–Crippen LogP) is 1.57. The van der Waals surface area contributed by atoms with Crippen molar-refractivity contribution >= 4 is 33.3 Å². The van der Waals surface area contributed by atoms with E-state index < -0.39 is 0 Å². The number of anilines is 2. The second-order valence-corrected chi connectivity index (χ2v) is 5.19. The van der Waals surface area contributed by atoms with Gasteiger partial charge in [-0.3, -0.25) is 5.43 Å². The Balaban J connectivity index is 1.96. The molecule has 18 heavy (non-hydrogen) atoms. The minimum absolute atomic E-state index is 0.197. The van der Waals surface area contributed by atoms with E-state index in [0.29, 0.717) is 5.95 Å². The number of ether oxygens (including phenoxy) is 1. The number of hydrogen-bond donors (Lipinski definition) is 3. The minimum Gasteiger partial charge on any atom is -0.376 e. The van der Waals surface area contributed by atoms with Gasteiger partial charge in [0.05, 0.1) is 17.5 Å². The SMILES string of the molecule is CC1OCCC1Nc1nc(NN)nc2sccc12. The fraction of sp³-hybridized carbons (Fsp3) is 0.455. The molecule has 0 amide bonds. The van der Waals surface area contributed by atoms with Gasteiger partial charge in [0.25, 0.3) is 0 Å². The first-order valence-corrected chi connectivity index (χ1v) is 6.76. The maximum Gasteiger partial charge on any atom is 0.240 e. The molecule has 2 aromatic heterocycles. The lowest BCUT2D eigenvalue weighted by Gasteiger charge is -2.17. The van der Waals surface area contributed by atoms with Crippen molar-refractivity contribution in [2.45, 2.75) is 25.5 Å². The fourth-order valence-corrected chi connectivity index (χ4v) is 2.89. The molecule has 2 unspecified atom stereocenters. The third kappa shape index (κ3) is 2.00. The van der Waals surface area contributed by atoms with E-state index in [1.807, 2.05) is 11.4 Å². The maximum atomic E-state index is 5.54. The molecule has 6 nitrogen and oxygen atoms in total. The zero-order valence-corrected chi connectivity index (χ0v) is 10.8. The van der Waals surface area contributed by atoms with Crippen LogP contribution in [0.3, 0.4) is 0 Å². The molecule has 1 aliphatic rings. The number of nitrogens with two attached hydrogens (primary N) is 1. The van der Waals surface area contributed by atoms with Gasteiger partial charge >= 0.3 is 0 Å². The number of nitrogen functional groups attached to an aromatic ring is 1. The predicted molar refractivity (Wildman–Crippen MR) is 72.7 cm³/mol. The second-order valence-electron chi connectivity index (χ2n) is 4.30. The van der Waals surface area contributed by atoms with Crippen LogP contribution < -0.4 is 16.6 Å². The Bertz CT molecular complexity index is 557. The largest absolute Gasteiger partial charge is 0.376 e. The zero-order chi connectivity index (χ0) is 12.5. The molecule has 0 spiro atoms. The Morgan fingerprint density at radius 3 is 3.11 bits per heavy atom. The van der Waals surface area contributed by atoms with Gasteiger partial charge in [0, 0.05) is 6.61 Å². The van der Waals surface area contributed by atoms with Crippen LogP contribution in [0.1, 0.15) is 13.3 Å². The van der Waals surface area contributed by atoms with E-state index in [9.17, 15) is 0 Å². The highest BCUT2D eigenvalue weighted by molar-refractivity contribution is 7.16. The summed E-state index contributed by atoms with van der Waals surface area (Å²) < 4.78 is 5.54. The molecule has 0 aromatic carbocycles. The third-order valence-corrected chi connectivity index (χ3v) is 3.96. The lowest BCUT2D eigenvalue weighted by atomic mass is 10.1. The molecule has 1 saturated heterocycles. The Labute approximate surface area is 109 Å². The van der Waals surface area contributed by atoms with Crippen molar-refractivity contribution in [2.24, 2.45) is 5.84 Å². The van der Waals surface area contributed by atoms with Crippen molar-refractivity contribution in [1.29, 1.82) is 0 Å². The van der Waals surface area contributed by atoms with E-state index >= 15 is 0 Å². The number of rotatable bonds is 3. The lowest BCUT2D eigenvalue weighted by Crippen LogP contribution is -2.27. The highest BCUT2D eigenvalue weighted by Crippen LogP contribution is 2.28. The van der Waals surface area contributed by atoms with Crippen LogP contribution >= 0.6 is 11.3 Å². The number of thiophene rings is 1. The maximum absolute atomic E-state index is 5.54. The number of hydrazine groups is 1. The van der Waals surface area contributed by atoms with E-state index in [1.165, 1.54) is 0 Å². The monoisotopic (exact) mass is 265 g/mol. The van der Waals surface area contributed by atoms with Gasteiger partial charge in [0.2, 0.25) is 5.95 Å². The van der Waals surface area contributed by atoms with Gasteiger partial charge in [0.1, 0.15) is 10.6 Å². The molecule has 1 aliphatic heterocycles. The van der Waals surface area contributed by atoms with Crippen LogP contribution in [0.4, 0.5) is 11.8 Å². The van der Waals surface area contributed by atoms with Gasteiger partial charge < -0.3 is 10.1 Å². The lowest BCUT2D eigenvalue weighted by molar-refractivity contribution is 0.121. The summed E-state index contributed by atoms with van der Waals surface area (Å²) in [5.41, 5.74) is 2.50. The van der Waals surface area contributed by atoms with Crippen molar-refractivity contribution in [3.63, 3.8) is 0 Å². The Morgan fingerprint density at radius 1 is 1.50 bits per heavy atom. The van der Waals surface area contributed by atoms with Crippen LogP contribution in [0.2, 0.25) is 0 Å². The molecule has 7 heteroatoms. The van der Waals surface area contributed by atoms with E-state index in [-0.39, 0.29) is 12.1 Å². The fourth-order valence-electron chi connectivity index (χ4n) is 2.13. The van der Waals surface area contributed by atoms with Crippen LogP contribution in [0.15, 0.2) is 11.4 Å². The van der Waals surface area contributed by atoms with E-state index in [2.05, 4.69) is 27.6 Å². The van der Waals surface area contributed by atoms with E-state index in [1.54, 1.807) is 11.3 Å². The van der Waals surface area contributed by atoms with Crippen molar-refractivity contribution in [1.82, 2.24) is 9.97 Å². The van der Waals surface area contributed by atoms with Crippen molar-refractivity contribution in [3.8, 4) is 0 Å². The summed E-state index contributed by atoms with van der Waals surface area (Å²) >= 11 is 1.57. The summed E-state index contributed by atoms with van der Waals surface area (Å²) in [6.45, 7) is 2.86.